The molecule has 154 valence electrons. The minimum Gasteiger partial charge on any atom is -0.493 e. The zero-order chi connectivity index (χ0) is 20.9. The average Bonchev–Trinajstić information content (AvgIpc) is 2.70. The van der Waals surface area contributed by atoms with Crippen molar-refractivity contribution in [3.63, 3.8) is 0 Å². The van der Waals surface area contributed by atoms with Crippen molar-refractivity contribution in [2.45, 2.75) is 64.2 Å². The van der Waals surface area contributed by atoms with Crippen molar-refractivity contribution < 1.29 is 14.6 Å². The fourth-order valence-corrected chi connectivity index (χ4v) is 3.95. The van der Waals surface area contributed by atoms with Gasteiger partial charge in [-0.2, -0.15) is 0 Å². The molecule has 0 aliphatic carbocycles. The van der Waals surface area contributed by atoms with Gasteiger partial charge in [0.25, 0.3) is 0 Å². The molecule has 1 aliphatic rings. The maximum atomic E-state index is 11.0. The first-order valence-electron chi connectivity index (χ1n) is 10.7. The van der Waals surface area contributed by atoms with Gasteiger partial charge >= 0.3 is 5.97 Å². The number of hydrogen-bond acceptors (Lipinski definition) is 2. The molecule has 0 bridgehead atoms. The van der Waals surface area contributed by atoms with Gasteiger partial charge in [0.15, 0.2) is 0 Å². The lowest BCUT2D eigenvalue weighted by molar-refractivity contribution is 0.0697. The highest BCUT2D eigenvalue weighted by Gasteiger charge is 2.29. The third kappa shape index (κ3) is 5.29. The molecule has 1 N–H and O–H groups in total. The van der Waals surface area contributed by atoms with E-state index in [1.807, 2.05) is 12.1 Å². The Morgan fingerprint density at radius 1 is 1.17 bits per heavy atom. The Morgan fingerprint density at radius 2 is 1.93 bits per heavy atom. The Hall–Kier alpha value is -2.55. The fraction of sp³-hybridized carbons (Fsp3) is 0.423. The standard InChI is InChI=1S/C26H32O3/c1-4-5-6-7-20(11-8-19-9-12-21(13-10-19)25(27)28)22-14-15-23-24(18-22)29-17-16-26(23,2)3/h8-15,18,20H,4-7,16-17H2,1-3H3,(H,27,28). The van der Waals surface area contributed by atoms with Crippen molar-refractivity contribution in [2.75, 3.05) is 6.61 Å². The molecule has 2 aromatic carbocycles. The second-order valence-electron chi connectivity index (χ2n) is 8.63. The molecule has 0 saturated carbocycles. The number of allylic oxidation sites excluding steroid dienone is 1. The van der Waals surface area contributed by atoms with Crippen molar-refractivity contribution in [3.05, 3.63) is 70.8 Å². The number of benzene rings is 2. The van der Waals surface area contributed by atoms with E-state index in [4.69, 9.17) is 9.84 Å². The molecule has 3 heteroatoms. The normalized spacial score (nSPS) is 16.2. The van der Waals surface area contributed by atoms with E-state index in [0.717, 1.165) is 30.8 Å². The third-order valence-corrected chi connectivity index (χ3v) is 5.94. The number of aromatic carboxylic acids is 1. The van der Waals surface area contributed by atoms with E-state index in [1.54, 1.807) is 12.1 Å². The van der Waals surface area contributed by atoms with E-state index >= 15 is 0 Å². The summed E-state index contributed by atoms with van der Waals surface area (Å²) in [5.74, 6) is 0.452. The molecule has 0 spiro atoms. The summed E-state index contributed by atoms with van der Waals surface area (Å²) >= 11 is 0. The molecule has 1 atom stereocenters. The first-order valence-corrected chi connectivity index (χ1v) is 10.7. The summed E-state index contributed by atoms with van der Waals surface area (Å²) in [6, 6.07) is 13.8. The van der Waals surface area contributed by atoms with Crippen LogP contribution in [0.3, 0.4) is 0 Å². The minimum absolute atomic E-state index is 0.158. The van der Waals surface area contributed by atoms with Gasteiger partial charge in [0.2, 0.25) is 0 Å². The highest BCUT2D eigenvalue weighted by Crippen LogP contribution is 2.40. The molecular formula is C26H32O3. The van der Waals surface area contributed by atoms with Gasteiger partial charge in [0.05, 0.1) is 12.2 Å². The van der Waals surface area contributed by atoms with Crippen LogP contribution < -0.4 is 4.74 Å². The van der Waals surface area contributed by atoms with E-state index in [1.165, 1.54) is 30.4 Å². The van der Waals surface area contributed by atoms with Gasteiger partial charge in [-0.25, -0.2) is 4.79 Å². The van der Waals surface area contributed by atoms with Crippen LogP contribution in [0.2, 0.25) is 0 Å². The molecule has 1 aliphatic heterocycles. The molecule has 0 saturated heterocycles. The number of fused-ring (bicyclic) bond motifs is 1. The highest BCUT2D eigenvalue weighted by atomic mass is 16.5. The molecule has 2 aromatic rings. The number of carboxylic acid groups (broad SMARTS) is 1. The molecule has 3 rings (SSSR count). The molecule has 0 fully saturated rings. The quantitative estimate of drug-likeness (QED) is 0.501. The second kappa shape index (κ2) is 9.30. The van der Waals surface area contributed by atoms with Crippen molar-refractivity contribution >= 4 is 12.0 Å². The summed E-state index contributed by atoms with van der Waals surface area (Å²) in [6.07, 6.45) is 10.1. The molecule has 0 radical (unpaired) electrons. The Morgan fingerprint density at radius 3 is 2.62 bits per heavy atom. The lowest BCUT2D eigenvalue weighted by atomic mass is 9.78. The summed E-state index contributed by atoms with van der Waals surface area (Å²) in [4.78, 5) is 11.0. The summed E-state index contributed by atoms with van der Waals surface area (Å²) in [5.41, 5.74) is 4.08. The third-order valence-electron chi connectivity index (χ3n) is 5.94. The zero-order valence-corrected chi connectivity index (χ0v) is 17.8. The van der Waals surface area contributed by atoms with Crippen LogP contribution in [0, 0.1) is 0 Å². The van der Waals surface area contributed by atoms with Gasteiger partial charge in [-0.15, -0.1) is 0 Å². The molecule has 0 aromatic heterocycles. The van der Waals surface area contributed by atoms with Crippen LogP contribution >= 0.6 is 0 Å². The van der Waals surface area contributed by atoms with Crippen LogP contribution in [0.25, 0.3) is 6.08 Å². The number of rotatable bonds is 8. The van der Waals surface area contributed by atoms with Crippen LogP contribution in [-0.2, 0) is 5.41 Å². The average molecular weight is 393 g/mol. The van der Waals surface area contributed by atoms with E-state index in [-0.39, 0.29) is 5.41 Å². The Kier molecular flexibility index (Phi) is 6.79. The number of ether oxygens (including phenoxy) is 1. The monoisotopic (exact) mass is 392 g/mol. The first-order chi connectivity index (χ1) is 13.9. The number of hydrogen-bond donors (Lipinski definition) is 1. The van der Waals surface area contributed by atoms with E-state index in [2.05, 4.69) is 51.1 Å². The second-order valence-corrected chi connectivity index (χ2v) is 8.63. The van der Waals surface area contributed by atoms with Gasteiger partial charge < -0.3 is 9.84 Å². The molecule has 0 amide bonds. The van der Waals surface area contributed by atoms with Crippen molar-refractivity contribution in [3.8, 4) is 5.75 Å². The number of carbonyl (C=O) groups is 1. The predicted molar refractivity (Wildman–Crippen MR) is 119 cm³/mol. The lowest BCUT2D eigenvalue weighted by Crippen LogP contribution is -2.26. The molecule has 1 heterocycles. The molecule has 29 heavy (non-hydrogen) atoms. The summed E-state index contributed by atoms with van der Waals surface area (Å²) < 4.78 is 5.99. The van der Waals surface area contributed by atoms with Crippen molar-refractivity contribution in [1.29, 1.82) is 0 Å². The molecule has 3 nitrogen and oxygen atoms in total. The SMILES string of the molecule is CCCCCC(C=Cc1ccc(C(=O)O)cc1)c1ccc2c(c1)OCCC2(C)C. The predicted octanol–water partition coefficient (Wildman–Crippen LogP) is 6.82. The summed E-state index contributed by atoms with van der Waals surface area (Å²) in [6.45, 7) is 7.57. The minimum atomic E-state index is -0.894. The maximum Gasteiger partial charge on any atom is 0.335 e. The van der Waals surface area contributed by atoms with Gasteiger partial charge in [0, 0.05) is 5.92 Å². The van der Waals surface area contributed by atoms with Gasteiger partial charge in [-0.3, -0.25) is 0 Å². The smallest absolute Gasteiger partial charge is 0.335 e. The summed E-state index contributed by atoms with van der Waals surface area (Å²) in [7, 11) is 0. The van der Waals surface area contributed by atoms with Crippen molar-refractivity contribution in [1.82, 2.24) is 0 Å². The Balaban J connectivity index is 1.84. The van der Waals surface area contributed by atoms with Crippen LogP contribution in [0.5, 0.6) is 5.75 Å². The van der Waals surface area contributed by atoms with E-state index in [9.17, 15) is 4.79 Å². The van der Waals surface area contributed by atoms with Crippen LogP contribution in [0.4, 0.5) is 0 Å². The van der Waals surface area contributed by atoms with Gasteiger partial charge in [-0.1, -0.05) is 76.5 Å². The lowest BCUT2D eigenvalue weighted by Gasteiger charge is -2.33. The van der Waals surface area contributed by atoms with E-state index < -0.39 is 5.97 Å². The van der Waals surface area contributed by atoms with Crippen molar-refractivity contribution in [2.24, 2.45) is 0 Å². The van der Waals surface area contributed by atoms with E-state index in [0.29, 0.717) is 11.5 Å². The Labute approximate surface area is 174 Å². The zero-order valence-electron chi connectivity index (χ0n) is 17.8. The number of unbranched alkanes of at least 4 members (excludes halogenated alkanes) is 2. The maximum absolute atomic E-state index is 11.0. The number of carboxylic acids is 1. The Bertz CT molecular complexity index is 862. The van der Waals surface area contributed by atoms with Crippen LogP contribution in [0.15, 0.2) is 48.5 Å². The first kappa shape index (κ1) is 21.2. The molecule has 1 unspecified atom stereocenters. The van der Waals surface area contributed by atoms with Crippen LogP contribution in [-0.4, -0.2) is 17.7 Å². The fourth-order valence-electron chi connectivity index (χ4n) is 3.95. The largest absolute Gasteiger partial charge is 0.493 e. The topological polar surface area (TPSA) is 46.5 Å². The van der Waals surface area contributed by atoms with Gasteiger partial charge in [0.1, 0.15) is 5.75 Å². The summed E-state index contributed by atoms with van der Waals surface area (Å²) in [5, 5.41) is 9.07. The van der Waals surface area contributed by atoms with Crippen LogP contribution in [0.1, 0.15) is 85.8 Å². The van der Waals surface area contributed by atoms with Gasteiger partial charge in [-0.05, 0) is 53.1 Å². The highest BCUT2D eigenvalue weighted by molar-refractivity contribution is 5.87. The molecular weight excluding hydrogens is 360 g/mol.